The van der Waals surface area contributed by atoms with Gasteiger partial charge >= 0.3 is 0 Å². The molecule has 1 heterocycles. The zero-order valence-electron chi connectivity index (χ0n) is 21.5. The van der Waals surface area contributed by atoms with Crippen molar-refractivity contribution in [2.24, 2.45) is 16.8 Å². The van der Waals surface area contributed by atoms with Crippen molar-refractivity contribution in [1.29, 1.82) is 0 Å². The Bertz CT molecular complexity index is 929. The van der Waals surface area contributed by atoms with Crippen molar-refractivity contribution >= 4 is 11.4 Å². The number of rotatable bonds is 7. The number of pyridine rings is 1. The predicted molar refractivity (Wildman–Crippen MR) is 139 cm³/mol. The van der Waals surface area contributed by atoms with Gasteiger partial charge in [0.15, 0.2) is 0 Å². The maximum Gasteiger partial charge on any atom is 0.0970 e. The lowest BCUT2D eigenvalue weighted by molar-refractivity contribution is -0.104. The quantitative estimate of drug-likeness (QED) is 0.399. The number of hydrogen-bond donors (Lipinski definition) is 0. The molecule has 2 aliphatic rings. The Labute approximate surface area is 201 Å². The Morgan fingerprint density at radius 1 is 0.848 bits per heavy atom. The molecular weight excluding hydrogens is 404 g/mol. The second-order valence-electron chi connectivity index (χ2n) is 10.9. The molecular formula is C30H42N2O. The highest BCUT2D eigenvalue weighted by molar-refractivity contribution is 5.99. The second kappa shape index (κ2) is 10.5. The molecule has 2 aliphatic carbocycles. The van der Waals surface area contributed by atoms with Crippen LogP contribution in [0.1, 0.15) is 121 Å². The van der Waals surface area contributed by atoms with E-state index in [9.17, 15) is 0 Å². The van der Waals surface area contributed by atoms with Crippen LogP contribution in [0.4, 0.5) is 5.69 Å². The van der Waals surface area contributed by atoms with Gasteiger partial charge in [0, 0.05) is 0 Å². The molecule has 178 valence electrons. The van der Waals surface area contributed by atoms with Crippen molar-refractivity contribution in [3.8, 4) is 0 Å². The van der Waals surface area contributed by atoms with Gasteiger partial charge in [-0.2, -0.15) is 0 Å². The maximum absolute atomic E-state index is 6.70. The van der Waals surface area contributed by atoms with Gasteiger partial charge in [-0.25, -0.2) is 4.98 Å². The maximum atomic E-state index is 6.70. The van der Waals surface area contributed by atoms with Crippen LogP contribution in [0, 0.1) is 11.8 Å². The molecule has 0 N–H and O–H groups in total. The summed E-state index contributed by atoms with van der Waals surface area (Å²) in [4.78, 5) is 10.2. The zero-order chi connectivity index (χ0) is 23.5. The Morgan fingerprint density at radius 2 is 1.39 bits per heavy atom. The van der Waals surface area contributed by atoms with E-state index in [2.05, 4.69) is 77.9 Å². The van der Waals surface area contributed by atoms with Gasteiger partial charge in [0.2, 0.25) is 0 Å². The third-order valence-electron chi connectivity index (χ3n) is 7.77. The van der Waals surface area contributed by atoms with E-state index in [4.69, 9.17) is 14.7 Å². The Balaban J connectivity index is 1.59. The smallest absolute Gasteiger partial charge is 0.0970 e. The number of nitrogens with zero attached hydrogens (tertiary/aromatic N) is 2. The van der Waals surface area contributed by atoms with Crippen molar-refractivity contribution in [2.75, 3.05) is 0 Å². The number of para-hydroxylation sites is 1. The summed E-state index contributed by atoms with van der Waals surface area (Å²) in [5.74, 6) is 2.35. The van der Waals surface area contributed by atoms with Crippen LogP contribution in [-0.2, 0) is 4.74 Å². The topological polar surface area (TPSA) is 34.5 Å². The summed E-state index contributed by atoms with van der Waals surface area (Å²) in [6.45, 7) is 13.2. The number of aliphatic imine (C=N–C) groups is 1. The molecule has 3 heteroatoms. The number of hydrogen-bond acceptors (Lipinski definition) is 3. The highest BCUT2D eigenvalue weighted by Gasteiger charge is 2.38. The van der Waals surface area contributed by atoms with Gasteiger partial charge in [-0.1, -0.05) is 64.8 Å². The van der Waals surface area contributed by atoms with Crippen LogP contribution in [0.5, 0.6) is 0 Å². The van der Waals surface area contributed by atoms with Gasteiger partial charge in [-0.05, 0) is 86.5 Å². The van der Waals surface area contributed by atoms with Crippen LogP contribution in [0.25, 0.3) is 0 Å². The fourth-order valence-corrected chi connectivity index (χ4v) is 5.89. The highest BCUT2D eigenvalue weighted by Crippen LogP contribution is 2.43. The van der Waals surface area contributed by atoms with E-state index in [1.807, 2.05) is 0 Å². The van der Waals surface area contributed by atoms with Crippen molar-refractivity contribution in [2.45, 2.75) is 104 Å². The highest BCUT2D eigenvalue weighted by atomic mass is 16.5. The van der Waals surface area contributed by atoms with Crippen molar-refractivity contribution in [3.05, 3.63) is 58.9 Å². The monoisotopic (exact) mass is 446 g/mol. The standard InChI is InChI=1S/C30H42N2O/c1-19(2)25-15-9-16-26(20(3)4)29(25)31-21(5)27-17-10-18-28(32-27)22(6)33-30-23-11-7-12-24(30)14-8-13-23/h9-10,15-20,22-24,30H,7-8,11-14H2,1-6H3/b31-21+. The minimum absolute atomic E-state index is 0.0122. The molecule has 0 saturated heterocycles. The lowest BCUT2D eigenvalue weighted by Crippen LogP contribution is -2.39. The molecule has 2 aromatic rings. The summed E-state index contributed by atoms with van der Waals surface area (Å²) in [6, 6.07) is 12.9. The normalized spacial score (nSPS) is 24.4. The molecule has 1 unspecified atom stereocenters. The third-order valence-corrected chi connectivity index (χ3v) is 7.77. The van der Waals surface area contributed by atoms with Crippen LogP contribution in [-0.4, -0.2) is 16.8 Å². The van der Waals surface area contributed by atoms with E-state index in [1.165, 1.54) is 49.7 Å². The molecule has 1 aromatic carbocycles. The first-order chi connectivity index (χ1) is 15.8. The number of ether oxygens (including phenoxy) is 1. The Hall–Kier alpha value is -2.00. The number of benzene rings is 1. The second-order valence-corrected chi connectivity index (χ2v) is 10.9. The number of aromatic nitrogens is 1. The molecule has 4 rings (SSSR count). The van der Waals surface area contributed by atoms with Crippen LogP contribution in [0.2, 0.25) is 0 Å². The molecule has 1 aromatic heterocycles. The van der Waals surface area contributed by atoms with E-state index in [0.717, 1.165) is 34.6 Å². The molecule has 3 nitrogen and oxygen atoms in total. The zero-order valence-corrected chi connectivity index (χ0v) is 21.5. The summed E-state index contributed by atoms with van der Waals surface area (Å²) < 4.78 is 6.70. The molecule has 2 bridgehead atoms. The fraction of sp³-hybridized carbons (Fsp3) is 0.600. The third kappa shape index (κ3) is 5.40. The lowest BCUT2D eigenvalue weighted by atomic mass is 9.70. The molecule has 0 spiro atoms. The molecule has 33 heavy (non-hydrogen) atoms. The van der Waals surface area contributed by atoms with E-state index in [1.54, 1.807) is 0 Å². The number of fused-ring (bicyclic) bond motifs is 2. The fourth-order valence-electron chi connectivity index (χ4n) is 5.89. The minimum Gasteiger partial charge on any atom is -0.368 e. The first-order valence-electron chi connectivity index (χ1n) is 13.2. The molecule has 0 radical (unpaired) electrons. The largest absolute Gasteiger partial charge is 0.368 e. The molecule has 2 saturated carbocycles. The van der Waals surface area contributed by atoms with Crippen molar-refractivity contribution < 1.29 is 4.74 Å². The van der Waals surface area contributed by atoms with Gasteiger partial charge in [0.05, 0.1) is 35.0 Å². The summed E-state index contributed by atoms with van der Waals surface area (Å²) in [7, 11) is 0. The van der Waals surface area contributed by atoms with E-state index in [-0.39, 0.29) is 6.10 Å². The average Bonchev–Trinajstić information content (AvgIpc) is 2.78. The molecule has 0 aliphatic heterocycles. The van der Waals surface area contributed by atoms with Gasteiger partial charge in [-0.3, -0.25) is 4.99 Å². The Kier molecular flexibility index (Phi) is 7.69. The van der Waals surface area contributed by atoms with Gasteiger partial charge in [0.25, 0.3) is 0 Å². The summed E-state index contributed by atoms with van der Waals surface area (Å²) in [5.41, 5.74) is 6.65. The first-order valence-corrected chi connectivity index (χ1v) is 13.2. The van der Waals surface area contributed by atoms with Crippen molar-refractivity contribution in [1.82, 2.24) is 4.98 Å². The molecule has 2 fully saturated rings. The van der Waals surface area contributed by atoms with Gasteiger partial charge in [0.1, 0.15) is 0 Å². The van der Waals surface area contributed by atoms with E-state index < -0.39 is 0 Å². The van der Waals surface area contributed by atoms with Crippen LogP contribution in [0.15, 0.2) is 41.4 Å². The predicted octanol–water partition coefficient (Wildman–Crippen LogP) is 8.52. The van der Waals surface area contributed by atoms with E-state index in [0.29, 0.717) is 17.9 Å². The molecule has 1 atom stereocenters. The Morgan fingerprint density at radius 3 is 1.94 bits per heavy atom. The summed E-state index contributed by atoms with van der Waals surface area (Å²) in [6.07, 6.45) is 8.52. The van der Waals surface area contributed by atoms with Gasteiger partial charge < -0.3 is 4.74 Å². The first kappa shape index (κ1) is 24.1. The van der Waals surface area contributed by atoms with Crippen LogP contribution >= 0.6 is 0 Å². The van der Waals surface area contributed by atoms with E-state index >= 15 is 0 Å². The average molecular weight is 447 g/mol. The minimum atomic E-state index is 0.0122. The molecule has 0 amide bonds. The van der Waals surface area contributed by atoms with Crippen LogP contribution < -0.4 is 0 Å². The summed E-state index contributed by atoms with van der Waals surface area (Å²) in [5, 5.41) is 0. The SMILES string of the molecule is C/C(=N\c1c(C(C)C)cccc1C(C)C)c1cccc(C(C)OC2C3CCCC2CCC3)n1. The van der Waals surface area contributed by atoms with Crippen molar-refractivity contribution in [3.63, 3.8) is 0 Å². The van der Waals surface area contributed by atoms with Crippen LogP contribution in [0.3, 0.4) is 0 Å². The summed E-state index contributed by atoms with van der Waals surface area (Å²) >= 11 is 0. The lowest BCUT2D eigenvalue weighted by Gasteiger charge is -2.43. The van der Waals surface area contributed by atoms with Gasteiger partial charge in [-0.15, -0.1) is 0 Å².